The average molecular weight is 488 g/mol. The molecule has 5 rings (SSSR count). The lowest BCUT2D eigenvalue weighted by atomic mass is 9.90. The van der Waals surface area contributed by atoms with Crippen LogP contribution in [0, 0.1) is 0 Å². The normalized spacial score (nSPS) is 20.8. The molecule has 1 aromatic heterocycles. The highest BCUT2D eigenvalue weighted by Crippen LogP contribution is 2.42. The van der Waals surface area contributed by atoms with Gasteiger partial charge in [-0.15, -0.1) is 0 Å². The molecule has 186 valence electrons. The first-order valence-electron chi connectivity index (χ1n) is 12.0. The second kappa shape index (κ2) is 8.90. The topological polar surface area (TPSA) is 71.5 Å². The number of alkyl halides is 3. The highest BCUT2D eigenvalue weighted by atomic mass is 19.4. The van der Waals surface area contributed by atoms with E-state index in [4.69, 9.17) is 9.47 Å². The number of aliphatic carboxylic acids is 1. The Bertz CT molecular complexity index is 1260. The summed E-state index contributed by atoms with van der Waals surface area (Å²) in [6.45, 7) is 2.19. The predicted octanol–water partition coefficient (Wildman–Crippen LogP) is 6.69. The van der Waals surface area contributed by atoms with Gasteiger partial charge >= 0.3 is 12.1 Å². The van der Waals surface area contributed by atoms with E-state index in [1.807, 2.05) is 12.1 Å². The van der Waals surface area contributed by atoms with Crippen molar-refractivity contribution in [2.75, 3.05) is 6.61 Å². The number of hydrogen-bond donors (Lipinski definition) is 2. The number of nitrogens with one attached hydrogen (secondary N) is 1. The van der Waals surface area contributed by atoms with Crippen LogP contribution in [0.2, 0.25) is 0 Å². The summed E-state index contributed by atoms with van der Waals surface area (Å²) in [5.41, 5.74) is 1.93. The van der Waals surface area contributed by atoms with Crippen LogP contribution in [0.1, 0.15) is 72.9 Å². The Morgan fingerprint density at radius 1 is 1.20 bits per heavy atom. The van der Waals surface area contributed by atoms with Gasteiger partial charge < -0.3 is 19.6 Å². The Balaban J connectivity index is 1.39. The summed E-state index contributed by atoms with van der Waals surface area (Å²) < 4.78 is 53.1. The molecule has 0 bridgehead atoms. The van der Waals surface area contributed by atoms with Crippen LogP contribution in [0.5, 0.6) is 5.75 Å². The van der Waals surface area contributed by atoms with Crippen LogP contribution >= 0.6 is 0 Å². The van der Waals surface area contributed by atoms with Crippen molar-refractivity contribution in [1.29, 1.82) is 0 Å². The number of benzene rings is 2. The third-order valence-electron chi connectivity index (χ3n) is 7.29. The van der Waals surface area contributed by atoms with Crippen LogP contribution in [-0.4, -0.2) is 22.7 Å². The monoisotopic (exact) mass is 487 g/mol. The van der Waals surface area contributed by atoms with Crippen LogP contribution in [0.25, 0.3) is 10.9 Å². The molecule has 1 aliphatic carbocycles. The van der Waals surface area contributed by atoms with E-state index in [0.717, 1.165) is 47.8 Å². The zero-order valence-corrected chi connectivity index (χ0v) is 19.5. The summed E-state index contributed by atoms with van der Waals surface area (Å²) in [6.07, 6.45) is -0.381. The van der Waals surface area contributed by atoms with E-state index in [1.165, 1.54) is 6.07 Å². The number of aromatic amines is 1. The smallest absolute Gasteiger partial charge is 0.416 e. The largest absolute Gasteiger partial charge is 0.489 e. The van der Waals surface area contributed by atoms with Gasteiger partial charge in [-0.1, -0.05) is 25.0 Å². The van der Waals surface area contributed by atoms with E-state index < -0.39 is 23.3 Å². The van der Waals surface area contributed by atoms with Crippen LogP contribution < -0.4 is 4.74 Å². The van der Waals surface area contributed by atoms with Gasteiger partial charge in [-0.2, -0.15) is 13.2 Å². The lowest BCUT2D eigenvalue weighted by Crippen LogP contribution is -2.34. The van der Waals surface area contributed by atoms with Gasteiger partial charge in [0.25, 0.3) is 0 Å². The maximum absolute atomic E-state index is 13.8. The molecule has 0 spiro atoms. The number of ether oxygens (including phenoxy) is 2. The molecule has 5 nitrogen and oxygen atoms in total. The molecule has 1 atom stereocenters. The lowest BCUT2D eigenvalue weighted by Gasteiger charge is -2.32. The zero-order valence-electron chi connectivity index (χ0n) is 19.5. The Hall–Kier alpha value is -3.00. The summed E-state index contributed by atoms with van der Waals surface area (Å²) in [4.78, 5) is 14.7. The number of hydrogen-bond acceptors (Lipinski definition) is 3. The Morgan fingerprint density at radius 2 is 1.97 bits per heavy atom. The molecule has 0 amide bonds. The Labute approximate surface area is 201 Å². The second-order valence-electron chi connectivity index (χ2n) is 9.78. The SMILES string of the molecule is C[C@]1(CC(=O)O)OCCc2c1[nH]c1ccc(OCc3ccc(C4CCCC4)c(C(F)(F)F)c3)cc21. The van der Waals surface area contributed by atoms with E-state index in [-0.39, 0.29) is 18.9 Å². The highest BCUT2D eigenvalue weighted by Gasteiger charge is 2.38. The van der Waals surface area contributed by atoms with Crippen molar-refractivity contribution in [1.82, 2.24) is 4.98 Å². The van der Waals surface area contributed by atoms with Gasteiger partial charge in [0.15, 0.2) is 0 Å². The average Bonchev–Trinajstić information content (AvgIpc) is 3.45. The number of carbonyl (C=O) groups is 1. The summed E-state index contributed by atoms with van der Waals surface area (Å²) in [5.74, 6) is -0.432. The first-order valence-corrected chi connectivity index (χ1v) is 12.0. The minimum Gasteiger partial charge on any atom is -0.489 e. The molecule has 2 aromatic carbocycles. The molecular weight excluding hydrogens is 459 g/mol. The molecule has 1 fully saturated rings. The maximum atomic E-state index is 13.8. The highest BCUT2D eigenvalue weighted by molar-refractivity contribution is 5.87. The van der Waals surface area contributed by atoms with Gasteiger partial charge in [-0.05, 0) is 73.1 Å². The van der Waals surface area contributed by atoms with Crippen molar-refractivity contribution < 1.29 is 32.5 Å². The molecule has 2 heterocycles. The Morgan fingerprint density at radius 3 is 2.69 bits per heavy atom. The summed E-state index contributed by atoms with van der Waals surface area (Å²) in [5, 5.41) is 10.2. The molecule has 1 saturated carbocycles. The first kappa shape index (κ1) is 23.7. The van der Waals surface area contributed by atoms with Gasteiger partial charge in [-0.25, -0.2) is 0 Å². The van der Waals surface area contributed by atoms with Crippen LogP contribution in [0.3, 0.4) is 0 Å². The molecular formula is C27H28F3NO4. The van der Waals surface area contributed by atoms with Crippen molar-refractivity contribution in [2.24, 2.45) is 0 Å². The lowest BCUT2D eigenvalue weighted by molar-refractivity contribution is -0.146. The van der Waals surface area contributed by atoms with Gasteiger partial charge in [0.05, 0.1) is 24.3 Å². The van der Waals surface area contributed by atoms with Crippen molar-refractivity contribution in [3.63, 3.8) is 0 Å². The number of rotatable bonds is 6. The van der Waals surface area contributed by atoms with Gasteiger partial charge in [0, 0.05) is 10.9 Å². The van der Waals surface area contributed by atoms with E-state index >= 15 is 0 Å². The number of carboxylic acids is 1. The van der Waals surface area contributed by atoms with Gasteiger partial charge in [0.2, 0.25) is 0 Å². The van der Waals surface area contributed by atoms with E-state index in [2.05, 4.69) is 4.98 Å². The minimum atomic E-state index is -4.40. The molecule has 1 aliphatic heterocycles. The maximum Gasteiger partial charge on any atom is 0.416 e. The molecule has 3 aromatic rings. The predicted molar refractivity (Wildman–Crippen MR) is 125 cm³/mol. The van der Waals surface area contributed by atoms with E-state index in [1.54, 1.807) is 25.1 Å². The number of halogens is 3. The second-order valence-corrected chi connectivity index (χ2v) is 9.78. The molecule has 8 heteroatoms. The third-order valence-corrected chi connectivity index (χ3v) is 7.29. The standard InChI is InChI=1S/C27H28F3NO4/c1-26(14-24(32)33)25-20(10-11-35-26)21-13-18(7-9-23(21)31-25)34-15-16-6-8-19(17-4-2-3-5-17)22(12-16)27(28,29)30/h6-9,12-13,17,31H,2-5,10-11,14-15H2,1H3,(H,32,33)/t26-/m1/s1. The van der Waals surface area contributed by atoms with Crippen LogP contribution in [-0.2, 0) is 34.3 Å². The van der Waals surface area contributed by atoms with Crippen molar-refractivity contribution in [2.45, 2.75) is 69.8 Å². The summed E-state index contributed by atoms with van der Waals surface area (Å²) in [6, 6.07) is 10.0. The fourth-order valence-electron chi connectivity index (χ4n) is 5.60. The van der Waals surface area contributed by atoms with Crippen molar-refractivity contribution in [3.05, 3.63) is 64.3 Å². The number of carboxylic acid groups (broad SMARTS) is 1. The fourth-order valence-corrected chi connectivity index (χ4v) is 5.60. The van der Waals surface area contributed by atoms with Gasteiger partial charge in [-0.3, -0.25) is 4.79 Å². The molecule has 2 N–H and O–H groups in total. The number of H-pyrrole nitrogens is 1. The quantitative estimate of drug-likeness (QED) is 0.407. The summed E-state index contributed by atoms with van der Waals surface area (Å²) >= 11 is 0. The third kappa shape index (κ3) is 4.63. The molecule has 35 heavy (non-hydrogen) atoms. The van der Waals surface area contributed by atoms with Crippen LogP contribution in [0.4, 0.5) is 13.2 Å². The number of aromatic nitrogens is 1. The fraction of sp³-hybridized carbons (Fsp3) is 0.444. The molecule has 0 saturated heterocycles. The van der Waals surface area contributed by atoms with E-state index in [0.29, 0.717) is 29.9 Å². The first-order chi connectivity index (χ1) is 16.6. The van der Waals surface area contributed by atoms with Crippen LogP contribution in [0.15, 0.2) is 36.4 Å². The minimum absolute atomic E-state index is 0.0198. The molecule has 0 radical (unpaired) electrons. The van der Waals surface area contributed by atoms with E-state index in [9.17, 15) is 23.1 Å². The molecule has 0 unspecified atom stereocenters. The zero-order chi connectivity index (χ0) is 24.8. The van der Waals surface area contributed by atoms with Crippen molar-refractivity contribution >= 4 is 16.9 Å². The summed E-state index contributed by atoms with van der Waals surface area (Å²) in [7, 11) is 0. The van der Waals surface area contributed by atoms with Crippen molar-refractivity contribution in [3.8, 4) is 5.75 Å². The molecule has 2 aliphatic rings. The van der Waals surface area contributed by atoms with Gasteiger partial charge in [0.1, 0.15) is 18.0 Å². The Kier molecular flexibility index (Phi) is 6.03. The number of fused-ring (bicyclic) bond motifs is 3.